The van der Waals surface area contributed by atoms with Gasteiger partial charge in [-0.25, -0.2) is 9.97 Å². The Morgan fingerprint density at radius 2 is 2.08 bits per heavy atom. The van der Waals surface area contributed by atoms with Crippen LogP contribution in [0.3, 0.4) is 0 Å². The van der Waals surface area contributed by atoms with E-state index in [4.69, 9.17) is 0 Å². The van der Waals surface area contributed by atoms with Crippen molar-refractivity contribution in [1.29, 1.82) is 0 Å². The van der Waals surface area contributed by atoms with Crippen LogP contribution in [-0.2, 0) is 11.3 Å². The maximum atomic E-state index is 13.2. The molecule has 0 aromatic carbocycles. The number of aryl methyl sites for hydroxylation is 2. The van der Waals surface area contributed by atoms with Gasteiger partial charge in [0.1, 0.15) is 5.82 Å². The summed E-state index contributed by atoms with van der Waals surface area (Å²) >= 11 is 1.65. The second kappa shape index (κ2) is 6.41. The average molecular weight is 356 g/mol. The SMILES string of the molecule is Cc1cccc(N2CCCC3(CCN(Cc4csc(C)n4)C3=O)C2)n1. The zero-order valence-electron chi connectivity index (χ0n) is 14.9. The lowest BCUT2D eigenvalue weighted by atomic mass is 9.78. The van der Waals surface area contributed by atoms with E-state index in [0.29, 0.717) is 12.5 Å². The molecule has 1 unspecified atom stereocenters. The van der Waals surface area contributed by atoms with E-state index < -0.39 is 0 Å². The number of carbonyl (C=O) groups excluding carboxylic acids is 1. The van der Waals surface area contributed by atoms with Crippen molar-refractivity contribution in [2.24, 2.45) is 5.41 Å². The highest BCUT2D eigenvalue weighted by molar-refractivity contribution is 7.09. The van der Waals surface area contributed by atoms with Crippen LogP contribution in [0.1, 0.15) is 35.7 Å². The summed E-state index contributed by atoms with van der Waals surface area (Å²) in [6.07, 6.45) is 2.98. The fourth-order valence-corrected chi connectivity index (χ4v) is 4.73. The molecule has 1 spiro atoms. The van der Waals surface area contributed by atoms with Crippen LogP contribution in [0.4, 0.5) is 5.82 Å². The molecule has 2 aliphatic rings. The molecule has 0 bridgehead atoms. The summed E-state index contributed by atoms with van der Waals surface area (Å²) in [6, 6.07) is 6.12. The molecule has 0 radical (unpaired) electrons. The first-order valence-corrected chi connectivity index (χ1v) is 9.83. The summed E-state index contributed by atoms with van der Waals surface area (Å²) in [4.78, 5) is 26.7. The Morgan fingerprint density at radius 3 is 2.84 bits per heavy atom. The van der Waals surface area contributed by atoms with Crippen LogP contribution < -0.4 is 4.90 Å². The minimum Gasteiger partial charge on any atom is -0.356 e. The Balaban J connectivity index is 1.50. The molecule has 4 heterocycles. The van der Waals surface area contributed by atoms with Gasteiger partial charge in [-0.3, -0.25) is 4.79 Å². The van der Waals surface area contributed by atoms with E-state index in [1.54, 1.807) is 11.3 Å². The van der Waals surface area contributed by atoms with Gasteiger partial charge in [0.05, 0.1) is 22.7 Å². The van der Waals surface area contributed by atoms with Gasteiger partial charge in [0.25, 0.3) is 0 Å². The van der Waals surface area contributed by atoms with Gasteiger partial charge in [-0.15, -0.1) is 11.3 Å². The van der Waals surface area contributed by atoms with Crippen LogP contribution in [0, 0.1) is 19.3 Å². The number of rotatable bonds is 3. The van der Waals surface area contributed by atoms with Gasteiger partial charge < -0.3 is 9.80 Å². The first kappa shape index (κ1) is 16.5. The van der Waals surface area contributed by atoms with E-state index in [-0.39, 0.29) is 5.41 Å². The first-order valence-electron chi connectivity index (χ1n) is 8.95. The smallest absolute Gasteiger partial charge is 0.231 e. The molecule has 5 nitrogen and oxygen atoms in total. The normalized spacial score (nSPS) is 23.7. The number of piperidine rings is 1. The van der Waals surface area contributed by atoms with Crippen molar-refractivity contribution < 1.29 is 4.79 Å². The lowest BCUT2D eigenvalue weighted by Gasteiger charge is -2.39. The van der Waals surface area contributed by atoms with Gasteiger partial charge in [0.15, 0.2) is 0 Å². The van der Waals surface area contributed by atoms with Crippen molar-refractivity contribution in [3.63, 3.8) is 0 Å². The number of hydrogen-bond acceptors (Lipinski definition) is 5. The highest BCUT2D eigenvalue weighted by atomic mass is 32.1. The predicted molar refractivity (Wildman–Crippen MR) is 99.7 cm³/mol. The second-order valence-electron chi connectivity index (χ2n) is 7.28. The molecule has 132 valence electrons. The van der Waals surface area contributed by atoms with Gasteiger partial charge in [-0.2, -0.15) is 0 Å². The Morgan fingerprint density at radius 1 is 1.20 bits per heavy atom. The number of nitrogens with zero attached hydrogens (tertiary/aromatic N) is 4. The van der Waals surface area contributed by atoms with Crippen molar-refractivity contribution >= 4 is 23.1 Å². The van der Waals surface area contributed by atoms with E-state index in [2.05, 4.69) is 26.3 Å². The molecule has 0 aliphatic carbocycles. The second-order valence-corrected chi connectivity index (χ2v) is 8.34. The van der Waals surface area contributed by atoms with Crippen molar-refractivity contribution in [1.82, 2.24) is 14.9 Å². The molecule has 2 aromatic heterocycles. The molecule has 2 aromatic rings. The van der Waals surface area contributed by atoms with Crippen LogP contribution in [0.2, 0.25) is 0 Å². The predicted octanol–water partition coefficient (Wildman–Crippen LogP) is 3.17. The van der Waals surface area contributed by atoms with E-state index >= 15 is 0 Å². The van der Waals surface area contributed by atoms with E-state index in [9.17, 15) is 4.79 Å². The summed E-state index contributed by atoms with van der Waals surface area (Å²) in [5.41, 5.74) is 1.80. The number of pyridine rings is 1. The van der Waals surface area contributed by atoms with Crippen molar-refractivity contribution in [3.8, 4) is 0 Å². The number of carbonyl (C=O) groups is 1. The number of anilines is 1. The Labute approximate surface area is 152 Å². The molecule has 25 heavy (non-hydrogen) atoms. The highest BCUT2D eigenvalue weighted by Crippen LogP contribution is 2.41. The third kappa shape index (κ3) is 3.15. The maximum Gasteiger partial charge on any atom is 0.231 e. The van der Waals surface area contributed by atoms with Gasteiger partial charge in [0.2, 0.25) is 5.91 Å². The van der Waals surface area contributed by atoms with Crippen molar-refractivity contribution in [3.05, 3.63) is 40.0 Å². The minimum atomic E-state index is -0.241. The summed E-state index contributed by atoms with van der Waals surface area (Å²) in [5, 5.41) is 3.13. The molecule has 0 N–H and O–H groups in total. The molecule has 0 saturated carbocycles. The molecule has 4 rings (SSSR count). The topological polar surface area (TPSA) is 49.3 Å². The fraction of sp³-hybridized carbons (Fsp3) is 0.526. The summed E-state index contributed by atoms with van der Waals surface area (Å²) in [6.45, 7) is 7.28. The van der Waals surface area contributed by atoms with Gasteiger partial charge >= 0.3 is 0 Å². The molecule has 1 atom stereocenters. The standard InChI is InChI=1S/C19H24N4OS/c1-14-5-3-6-17(20-14)23-9-4-7-19(13-23)8-10-22(18(19)24)11-16-12-25-15(2)21-16/h3,5-6,12H,4,7-11,13H2,1-2H3. The van der Waals surface area contributed by atoms with Crippen LogP contribution in [0.5, 0.6) is 0 Å². The molecule has 1 amide bonds. The van der Waals surface area contributed by atoms with E-state index in [1.807, 2.05) is 30.9 Å². The maximum absolute atomic E-state index is 13.2. The molecule has 2 saturated heterocycles. The molecule has 2 fully saturated rings. The monoisotopic (exact) mass is 356 g/mol. The summed E-state index contributed by atoms with van der Waals surface area (Å²) in [7, 11) is 0. The van der Waals surface area contributed by atoms with Crippen LogP contribution in [-0.4, -0.2) is 40.4 Å². The van der Waals surface area contributed by atoms with Crippen LogP contribution in [0.25, 0.3) is 0 Å². The van der Waals surface area contributed by atoms with Gasteiger partial charge in [-0.05, 0) is 45.2 Å². The zero-order chi connectivity index (χ0) is 17.4. The van der Waals surface area contributed by atoms with Crippen molar-refractivity contribution in [2.45, 2.75) is 39.7 Å². The van der Waals surface area contributed by atoms with Gasteiger partial charge in [-0.1, -0.05) is 6.07 Å². The van der Waals surface area contributed by atoms with Crippen LogP contribution in [0.15, 0.2) is 23.6 Å². The third-order valence-corrected chi connectivity index (χ3v) is 6.22. The average Bonchev–Trinajstić information content (AvgIpc) is 3.14. The van der Waals surface area contributed by atoms with Gasteiger partial charge in [0, 0.05) is 30.7 Å². The highest BCUT2D eigenvalue weighted by Gasteiger charge is 2.49. The number of thiazole rings is 1. The molecular weight excluding hydrogens is 332 g/mol. The lowest BCUT2D eigenvalue weighted by Crippen LogP contribution is -2.48. The lowest BCUT2D eigenvalue weighted by molar-refractivity contribution is -0.137. The summed E-state index contributed by atoms with van der Waals surface area (Å²) < 4.78 is 0. The number of amides is 1. The summed E-state index contributed by atoms with van der Waals surface area (Å²) in [5.74, 6) is 1.30. The third-order valence-electron chi connectivity index (χ3n) is 5.40. The Bertz CT molecular complexity index is 789. The first-order chi connectivity index (χ1) is 12.1. The molecule has 2 aliphatic heterocycles. The number of likely N-dealkylation sites (tertiary alicyclic amines) is 1. The van der Waals surface area contributed by atoms with Crippen LogP contribution >= 0.6 is 11.3 Å². The largest absolute Gasteiger partial charge is 0.356 e. The Hall–Kier alpha value is -1.95. The molecular formula is C19H24N4OS. The zero-order valence-corrected chi connectivity index (χ0v) is 15.7. The molecule has 6 heteroatoms. The number of aromatic nitrogens is 2. The quantitative estimate of drug-likeness (QED) is 0.847. The minimum absolute atomic E-state index is 0.241. The Kier molecular flexibility index (Phi) is 4.23. The van der Waals surface area contributed by atoms with Crippen molar-refractivity contribution in [2.75, 3.05) is 24.5 Å². The number of hydrogen-bond donors (Lipinski definition) is 0. The van der Waals surface area contributed by atoms with E-state index in [1.165, 1.54) is 0 Å². The van der Waals surface area contributed by atoms with E-state index in [0.717, 1.165) is 61.1 Å². The fourth-order valence-electron chi connectivity index (χ4n) is 4.13.